The predicted octanol–water partition coefficient (Wildman–Crippen LogP) is 5.61. The first-order valence-corrected chi connectivity index (χ1v) is 9.28. The molecule has 1 unspecified atom stereocenters. The standard InChI is InChI=1S/C20H19Cl2N3O/c1-20(2)8-16-18(17(26)9-20)19(11-4-3-5-23-10-11)25-15-7-13(22)12(21)6-14(15)24-16/h3-7,10,19,24-25H,8-9H2,1-2H3. The molecule has 1 atom stereocenters. The van der Waals surface area contributed by atoms with Gasteiger partial charge in [0, 0.05) is 30.1 Å². The van der Waals surface area contributed by atoms with Crippen LogP contribution >= 0.6 is 23.2 Å². The molecule has 1 aliphatic heterocycles. The summed E-state index contributed by atoms with van der Waals surface area (Å²) in [5.41, 5.74) is 4.18. The average molecular weight is 388 g/mol. The lowest BCUT2D eigenvalue weighted by atomic mass is 9.73. The number of nitrogens with zero attached hydrogens (tertiary/aromatic N) is 1. The molecule has 2 heterocycles. The van der Waals surface area contributed by atoms with Crippen LogP contribution in [-0.4, -0.2) is 10.8 Å². The Balaban J connectivity index is 1.91. The molecular weight excluding hydrogens is 369 g/mol. The maximum absolute atomic E-state index is 13.1. The highest BCUT2D eigenvalue weighted by molar-refractivity contribution is 6.42. The zero-order chi connectivity index (χ0) is 18.5. The van der Waals surface area contributed by atoms with Gasteiger partial charge in [0.15, 0.2) is 5.78 Å². The number of benzene rings is 1. The monoisotopic (exact) mass is 387 g/mol. The molecule has 0 amide bonds. The van der Waals surface area contributed by atoms with Crippen LogP contribution in [0.2, 0.25) is 10.0 Å². The maximum atomic E-state index is 13.1. The lowest BCUT2D eigenvalue weighted by Gasteiger charge is -2.34. The molecule has 0 saturated carbocycles. The number of nitrogens with one attached hydrogen (secondary N) is 2. The Bertz CT molecular complexity index is 922. The molecule has 4 nitrogen and oxygen atoms in total. The summed E-state index contributed by atoms with van der Waals surface area (Å²) < 4.78 is 0. The summed E-state index contributed by atoms with van der Waals surface area (Å²) in [4.78, 5) is 17.3. The molecule has 2 N–H and O–H groups in total. The molecule has 0 radical (unpaired) electrons. The van der Waals surface area contributed by atoms with Crippen LogP contribution in [0.15, 0.2) is 47.9 Å². The van der Waals surface area contributed by atoms with Crippen molar-refractivity contribution < 1.29 is 4.79 Å². The number of Topliss-reactive ketones (excluding diaryl/α,β-unsaturated/α-hetero) is 1. The van der Waals surface area contributed by atoms with Gasteiger partial charge in [0.2, 0.25) is 0 Å². The Morgan fingerprint density at radius 3 is 2.58 bits per heavy atom. The summed E-state index contributed by atoms with van der Waals surface area (Å²) in [7, 11) is 0. The predicted molar refractivity (Wildman–Crippen MR) is 106 cm³/mol. The van der Waals surface area contributed by atoms with Gasteiger partial charge in [-0.15, -0.1) is 0 Å². The molecule has 134 valence electrons. The van der Waals surface area contributed by atoms with Gasteiger partial charge in [-0.2, -0.15) is 0 Å². The summed E-state index contributed by atoms with van der Waals surface area (Å²) in [5, 5.41) is 7.87. The Morgan fingerprint density at radius 2 is 1.88 bits per heavy atom. The second kappa shape index (κ2) is 6.29. The van der Waals surface area contributed by atoms with E-state index in [0.717, 1.165) is 34.6 Å². The van der Waals surface area contributed by atoms with Gasteiger partial charge in [-0.3, -0.25) is 9.78 Å². The molecule has 0 spiro atoms. The fraction of sp³-hybridized carbons (Fsp3) is 0.300. The number of allylic oxidation sites excluding steroid dienone is 1. The second-order valence-corrected chi connectivity index (χ2v) is 8.45. The molecule has 1 aliphatic carbocycles. The SMILES string of the molecule is CC1(C)CC(=O)C2=C(C1)Nc1cc(Cl)c(Cl)cc1NC2c1cccnc1. The van der Waals surface area contributed by atoms with Crippen LogP contribution in [0.25, 0.3) is 0 Å². The minimum Gasteiger partial charge on any atom is -0.372 e. The van der Waals surface area contributed by atoms with Gasteiger partial charge in [-0.05, 0) is 35.6 Å². The van der Waals surface area contributed by atoms with Crippen LogP contribution in [0.5, 0.6) is 0 Å². The van der Waals surface area contributed by atoms with Crippen molar-refractivity contribution in [1.29, 1.82) is 0 Å². The van der Waals surface area contributed by atoms with Gasteiger partial charge in [-0.25, -0.2) is 0 Å². The smallest absolute Gasteiger partial charge is 0.163 e. The molecule has 2 aromatic rings. The Kier molecular flexibility index (Phi) is 4.20. The third-order valence-corrected chi connectivity index (χ3v) is 5.59. The highest BCUT2D eigenvalue weighted by Crippen LogP contribution is 2.46. The van der Waals surface area contributed by atoms with Gasteiger partial charge in [0.05, 0.1) is 27.5 Å². The van der Waals surface area contributed by atoms with Gasteiger partial charge in [0.25, 0.3) is 0 Å². The Hall–Kier alpha value is -2.04. The van der Waals surface area contributed by atoms with E-state index >= 15 is 0 Å². The number of hydrogen-bond acceptors (Lipinski definition) is 4. The van der Waals surface area contributed by atoms with Gasteiger partial charge < -0.3 is 10.6 Å². The van der Waals surface area contributed by atoms with E-state index in [2.05, 4.69) is 29.5 Å². The van der Waals surface area contributed by atoms with E-state index in [1.54, 1.807) is 24.5 Å². The first-order valence-electron chi connectivity index (χ1n) is 8.53. The van der Waals surface area contributed by atoms with Crippen molar-refractivity contribution >= 4 is 40.4 Å². The van der Waals surface area contributed by atoms with Crippen LogP contribution in [0.1, 0.15) is 38.3 Å². The number of carbonyl (C=O) groups is 1. The molecule has 1 aromatic carbocycles. The lowest BCUT2D eigenvalue weighted by Crippen LogP contribution is -2.31. The largest absolute Gasteiger partial charge is 0.372 e. The van der Waals surface area contributed by atoms with Crippen molar-refractivity contribution in [2.75, 3.05) is 10.6 Å². The number of aromatic nitrogens is 1. The molecule has 1 aromatic heterocycles. The third-order valence-electron chi connectivity index (χ3n) is 4.87. The highest BCUT2D eigenvalue weighted by Gasteiger charge is 2.38. The molecule has 0 saturated heterocycles. The zero-order valence-corrected chi connectivity index (χ0v) is 16.1. The van der Waals surface area contributed by atoms with Crippen LogP contribution in [0, 0.1) is 5.41 Å². The van der Waals surface area contributed by atoms with Crippen molar-refractivity contribution in [3.8, 4) is 0 Å². The van der Waals surface area contributed by atoms with Gasteiger partial charge in [0.1, 0.15) is 0 Å². The average Bonchev–Trinajstić information content (AvgIpc) is 2.72. The summed E-state index contributed by atoms with van der Waals surface area (Å²) in [5.74, 6) is 0.148. The number of hydrogen-bond donors (Lipinski definition) is 2. The Morgan fingerprint density at radius 1 is 1.15 bits per heavy atom. The van der Waals surface area contributed by atoms with Crippen LogP contribution in [-0.2, 0) is 4.79 Å². The highest BCUT2D eigenvalue weighted by atomic mass is 35.5. The quantitative estimate of drug-likeness (QED) is 0.667. The normalized spacial score (nSPS) is 21.2. The first-order chi connectivity index (χ1) is 12.3. The molecule has 0 fully saturated rings. The molecular formula is C20H19Cl2N3O. The van der Waals surface area contributed by atoms with Gasteiger partial charge >= 0.3 is 0 Å². The molecule has 2 aliphatic rings. The number of carbonyl (C=O) groups excluding carboxylic acids is 1. The van der Waals surface area contributed by atoms with Gasteiger partial charge in [-0.1, -0.05) is 43.1 Å². The van der Waals surface area contributed by atoms with E-state index < -0.39 is 0 Å². The maximum Gasteiger partial charge on any atom is 0.163 e. The topological polar surface area (TPSA) is 54.0 Å². The number of pyridine rings is 1. The minimum atomic E-state index is -0.284. The van der Waals surface area contributed by atoms with E-state index in [0.29, 0.717) is 16.5 Å². The number of halogens is 2. The minimum absolute atomic E-state index is 0.0941. The summed E-state index contributed by atoms with van der Waals surface area (Å²) in [6, 6.07) is 7.17. The van der Waals surface area contributed by atoms with Crippen molar-refractivity contribution in [2.45, 2.75) is 32.7 Å². The number of fused-ring (bicyclic) bond motifs is 1. The molecule has 4 rings (SSSR count). The van der Waals surface area contributed by atoms with E-state index in [-0.39, 0.29) is 17.2 Å². The molecule has 6 heteroatoms. The molecule has 0 bridgehead atoms. The fourth-order valence-corrected chi connectivity index (χ4v) is 4.07. The zero-order valence-electron chi connectivity index (χ0n) is 14.6. The molecule has 26 heavy (non-hydrogen) atoms. The van der Waals surface area contributed by atoms with Crippen molar-refractivity contribution in [2.24, 2.45) is 5.41 Å². The third kappa shape index (κ3) is 3.08. The van der Waals surface area contributed by atoms with Crippen LogP contribution in [0.3, 0.4) is 0 Å². The van der Waals surface area contributed by atoms with Crippen molar-refractivity contribution in [1.82, 2.24) is 4.98 Å². The summed E-state index contributed by atoms with van der Waals surface area (Å²) in [6.07, 6.45) is 4.82. The number of ketones is 1. The number of anilines is 2. The van der Waals surface area contributed by atoms with E-state index in [1.807, 2.05) is 12.1 Å². The summed E-state index contributed by atoms with van der Waals surface area (Å²) >= 11 is 12.4. The van der Waals surface area contributed by atoms with E-state index in [9.17, 15) is 4.79 Å². The van der Waals surface area contributed by atoms with Crippen LogP contribution < -0.4 is 10.6 Å². The lowest BCUT2D eigenvalue weighted by molar-refractivity contribution is -0.118. The summed E-state index contributed by atoms with van der Waals surface area (Å²) in [6.45, 7) is 4.23. The van der Waals surface area contributed by atoms with Crippen molar-refractivity contribution in [3.63, 3.8) is 0 Å². The Labute approximate surface area is 162 Å². The first kappa shape index (κ1) is 17.4. The van der Waals surface area contributed by atoms with E-state index in [1.165, 1.54) is 0 Å². The number of rotatable bonds is 1. The van der Waals surface area contributed by atoms with E-state index in [4.69, 9.17) is 23.2 Å². The fourth-order valence-electron chi connectivity index (χ4n) is 3.74. The second-order valence-electron chi connectivity index (χ2n) is 7.63. The van der Waals surface area contributed by atoms with Crippen LogP contribution in [0.4, 0.5) is 11.4 Å². The van der Waals surface area contributed by atoms with Crippen molar-refractivity contribution in [3.05, 3.63) is 63.5 Å².